The Morgan fingerprint density at radius 3 is 2.58 bits per heavy atom. The van der Waals surface area contributed by atoms with E-state index in [0.717, 1.165) is 12.1 Å². The highest BCUT2D eigenvalue weighted by molar-refractivity contribution is 6.33. The lowest BCUT2D eigenvalue weighted by Gasteiger charge is -2.14. The highest BCUT2D eigenvalue weighted by Crippen LogP contribution is 2.23. The van der Waals surface area contributed by atoms with E-state index in [-0.39, 0.29) is 16.3 Å². The lowest BCUT2D eigenvalue weighted by atomic mass is 10.2. The number of halogens is 1. The number of anilines is 1. The normalized spacial score (nSPS) is 11.3. The zero-order valence-corrected chi connectivity index (χ0v) is 14.6. The zero-order valence-electron chi connectivity index (χ0n) is 13.9. The Labute approximate surface area is 153 Å². The predicted molar refractivity (Wildman–Crippen MR) is 94.6 cm³/mol. The first-order chi connectivity index (χ1) is 12.3. The predicted octanol–water partition coefficient (Wildman–Crippen LogP) is 3.44. The fourth-order valence-corrected chi connectivity index (χ4v) is 2.26. The van der Waals surface area contributed by atoms with Gasteiger partial charge < -0.3 is 14.8 Å². The van der Waals surface area contributed by atoms with Crippen molar-refractivity contribution >= 4 is 34.9 Å². The van der Waals surface area contributed by atoms with Gasteiger partial charge in [-0.3, -0.25) is 14.9 Å². The average Bonchev–Trinajstić information content (AvgIpc) is 2.61. The number of methoxy groups -OCH3 is 1. The molecule has 0 aliphatic carbocycles. The topological polar surface area (TPSA) is 108 Å². The summed E-state index contributed by atoms with van der Waals surface area (Å²) in [5.74, 6) is -0.854. The van der Waals surface area contributed by atoms with E-state index in [1.165, 1.54) is 20.1 Å². The van der Waals surface area contributed by atoms with Crippen LogP contribution in [-0.2, 0) is 9.53 Å². The quantitative estimate of drug-likeness (QED) is 0.468. The molecule has 1 N–H and O–H groups in total. The van der Waals surface area contributed by atoms with Crippen molar-refractivity contribution in [3.05, 3.63) is 63.2 Å². The van der Waals surface area contributed by atoms with Gasteiger partial charge in [0.1, 0.15) is 5.75 Å². The molecular weight excluding hydrogens is 364 g/mol. The fraction of sp³-hybridized carbons (Fsp3) is 0.176. The van der Waals surface area contributed by atoms with Crippen LogP contribution in [0.3, 0.4) is 0 Å². The van der Waals surface area contributed by atoms with Crippen LogP contribution < -0.4 is 10.1 Å². The van der Waals surface area contributed by atoms with Crippen LogP contribution in [0.5, 0.6) is 5.75 Å². The number of amides is 1. The third-order valence-corrected chi connectivity index (χ3v) is 3.69. The molecule has 2 rings (SSSR count). The monoisotopic (exact) mass is 378 g/mol. The van der Waals surface area contributed by atoms with Crippen LogP contribution >= 0.6 is 11.6 Å². The maximum absolute atomic E-state index is 12.2. The van der Waals surface area contributed by atoms with Crippen LogP contribution in [0.25, 0.3) is 0 Å². The highest BCUT2D eigenvalue weighted by atomic mass is 35.5. The number of carbonyl (C=O) groups excluding carboxylic acids is 2. The van der Waals surface area contributed by atoms with Gasteiger partial charge >= 0.3 is 5.97 Å². The number of rotatable bonds is 6. The molecule has 0 unspecified atom stereocenters. The molecule has 136 valence electrons. The van der Waals surface area contributed by atoms with Crippen LogP contribution in [0, 0.1) is 10.1 Å². The van der Waals surface area contributed by atoms with E-state index in [4.69, 9.17) is 21.1 Å². The number of carbonyl (C=O) groups is 2. The fourth-order valence-electron chi connectivity index (χ4n) is 2.01. The molecule has 0 spiro atoms. The number of nitrogens with one attached hydrogen (secondary N) is 1. The third-order valence-electron chi connectivity index (χ3n) is 3.37. The molecule has 8 nitrogen and oxygen atoms in total. The van der Waals surface area contributed by atoms with E-state index in [9.17, 15) is 19.7 Å². The summed E-state index contributed by atoms with van der Waals surface area (Å²) < 4.78 is 10.1. The Bertz CT molecular complexity index is 855. The lowest BCUT2D eigenvalue weighted by Crippen LogP contribution is -2.30. The number of esters is 1. The smallest absolute Gasteiger partial charge is 0.340 e. The van der Waals surface area contributed by atoms with Gasteiger partial charge in [-0.2, -0.15) is 0 Å². The number of ether oxygens (including phenoxy) is 2. The van der Waals surface area contributed by atoms with Gasteiger partial charge in [0.15, 0.2) is 6.10 Å². The summed E-state index contributed by atoms with van der Waals surface area (Å²) in [4.78, 5) is 34.3. The second-order valence-electron chi connectivity index (χ2n) is 5.19. The van der Waals surface area contributed by atoms with E-state index in [2.05, 4.69) is 5.32 Å². The number of hydrogen-bond donors (Lipinski definition) is 1. The van der Waals surface area contributed by atoms with Gasteiger partial charge in [-0.1, -0.05) is 17.7 Å². The van der Waals surface area contributed by atoms with E-state index >= 15 is 0 Å². The van der Waals surface area contributed by atoms with Gasteiger partial charge in [-0.05, 0) is 25.1 Å². The minimum absolute atomic E-state index is 0.0710. The lowest BCUT2D eigenvalue weighted by molar-refractivity contribution is -0.384. The van der Waals surface area contributed by atoms with E-state index < -0.39 is 22.9 Å². The molecular formula is C17H15ClN2O6. The van der Waals surface area contributed by atoms with Gasteiger partial charge in [0.25, 0.3) is 11.6 Å². The van der Waals surface area contributed by atoms with Crippen molar-refractivity contribution in [1.29, 1.82) is 0 Å². The number of hydrogen-bond acceptors (Lipinski definition) is 6. The standard InChI is InChI=1S/C17H15ClN2O6/c1-10(16(21)19-11-4-3-5-13(8-11)25-2)26-17(22)14-7-6-12(20(23)24)9-15(14)18/h3-10H,1-2H3,(H,19,21)/t10-/m0/s1. The van der Waals surface area contributed by atoms with Gasteiger partial charge in [-0.15, -0.1) is 0 Å². The van der Waals surface area contributed by atoms with Crippen LogP contribution in [0.2, 0.25) is 5.02 Å². The summed E-state index contributed by atoms with van der Waals surface area (Å²) in [6.07, 6.45) is -1.11. The molecule has 2 aromatic rings. The molecule has 2 aromatic carbocycles. The SMILES string of the molecule is COc1cccc(NC(=O)[C@H](C)OC(=O)c2ccc([N+](=O)[O-])cc2Cl)c1. The molecule has 0 fully saturated rings. The minimum atomic E-state index is -1.11. The molecule has 0 heterocycles. The molecule has 0 aliphatic heterocycles. The molecule has 0 aliphatic rings. The van der Waals surface area contributed by atoms with Gasteiger partial charge in [-0.25, -0.2) is 4.79 Å². The Balaban J connectivity index is 2.04. The maximum Gasteiger partial charge on any atom is 0.340 e. The maximum atomic E-state index is 12.2. The van der Waals surface area contributed by atoms with Crippen molar-refractivity contribution < 1.29 is 24.0 Å². The number of benzene rings is 2. The number of nitrogens with zero attached hydrogens (tertiary/aromatic N) is 1. The Hall–Kier alpha value is -3.13. The Morgan fingerprint density at radius 2 is 1.96 bits per heavy atom. The first kappa shape index (κ1) is 19.2. The largest absolute Gasteiger partial charge is 0.497 e. The summed E-state index contributed by atoms with van der Waals surface area (Å²) in [6, 6.07) is 10.0. The van der Waals surface area contributed by atoms with Crippen molar-refractivity contribution in [3.8, 4) is 5.75 Å². The molecule has 26 heavy (non-hydrogen) atoms. The minimum Gasteiger partial charge on any atom is -0.497 e. The molecule has 1 atom stereocenters. The van der Waals surface area contributed by atoms with Crippen molar-refractivity contribution in [2.75, 3.05) is 12.4 Å². The Morgan fingerprint density at radius 1 is 1.23 bits per heavy atom. The van der Waals surface area contributed by atoms with Crippen LogP contribution in [-0.4, -0.2) is 30.0 Å². The Kier molecular flexibility index (Phi) is 6.13. The molecule has 0 aromatic heterocycles. The van der Waals surface area contributed by atoms with Crippen molar-refractivity contribution in [3.63, 3.8) is 0 Å². The van der Waals surface area contributed by atoms with Gasteiger partial charge in [0, 0.05) is 23.9 Å². The van der Waals surface area contributed by atoms with Gasteiger partial charge in [0.05, 0.1) is 22.6 Å². The average molecular weight is 379 g/mol. The van der Waals surface area contributed by atoms with Crippen LogP contribution in [0.4, 0.5) is 11.4 Å². The number of nitro benzene ring substituents is 1. The van der Waals surface area contributed by atoms with E-state index in [1.807, 2.05) is 0 Å². The summed E-state index contributed by atoms with van der Waals surface area (Å²) >= 11 is 5.87. The molecule has 0 radical (unpaired) electrons. The second kappa shape index (κ2) is 8.30. The van der Waals surface area contributed by atoms with Crippen molar-refractivity contribution in [2.45, 2.75) is 13.0 Å². The molecule has 9 heteroatoms. The van der Waals surface area contributed by atoms with Crippen LogP contribution in [0.15, 0.2) is 42.5 Å². The van der Waals surface area contributed by atoms with Crippen LogP contribution in [0.1, 0.15) is 17.3 Å². The highest BCUT2D eigenvalue weighted by Gasteiger charge is 2.22. The third kappa shape index (κ3) is 4.70. The second-order valence-corrected chi connectivity index (χ2v) is 5.60. The summed E-state index contributed by atoms with van der Waals surface area (Å²) in [5.41, 5.74) is 0.152. The van der Waals surface area contributed by atoms with E-state index in [0.29, 0.717) is 11.4 Å². The zero-order chi connectivity index (χ0) is 19.3. The molecule has 0 saturated heterocycles. The van der Waals surface area contributed by atoms with Crippen molar-refractivity contribution in [1.82, 2.24) is 0 Å². The first-order valence-electron chi connectivity index (χ1n) is 7.41. The molecule has 0 saturated carbocycles. The molecule has 1 amide bonds. The van der Waals surface area contributed by atoms with Gasteiger partial charge in [0.2, 0.25) is 0 Å². The number of non-ortho nitro benzene ring substituents is 1. The van der Waals surface area contributed by atoms with E-state index in [1.54, 1.807) is 24.3 Å². The van der Waals surface area contributed by atoms with Crippen molar-refractivity contribution in [2.24, 2.45) is 0 Å². The summed E-state index contributed by atoms with van der Waals surface area (Å²) in [7, 11) is 1.50. The summed E-state index contributed by atoms with van der Waals surface area (Å²) in [5, 5.41) is 13.1. The molecule has 0 bridgehead atoms. The summed E-state index contributed by atoms with van der Waals surface area (Å²) in [6.45, 7) is 1.40. The first-order valence-corrected chi connectivity index (χ1v) is 7.79. The number of nitro groups is 1.